The van der Waals surface area contributed by atoms with Crippen LogP contribution in [0.5, 0.6) is 0 Å². The van der Waals surface area contributed by atoms with Crippen molar-refractivity contribution in [2.75, 3.05) is 13.1 Å². The Bertz CT molecular complexity index is 797. The van der Waals surface area contributed by atoms with Crippen LogP contribution < -0.4 is 32.3 Å². The Morgan fingerprint density at radius 1 is 1.17 bits per heavy atom. The molecule has 4 aliphatic rings. The number of fused-ring (bicyclic) bond motifs is 1. The molecule has 2 saturated heterocycles. The molecule has 0 aromatic rings. The molecule has 4 fully saturated rings. The molecule has 2 aliphatic heterocycles. The summed E-state index contributed by atoms with van der Waals surface area (Å²) in [5.41, 5.74) is 8.77. The lowest BCUT2D eigenvalue weighted by molar-refractivity contribution is -0.528. The van der Waals surface area contributed by atoms with Crippen LogP contribution in [-0.2, 0) is 14.4 Å². The third-order valence-electron chi connectivity index (χ3n) is 8.29. The van der Waals surface area contributed by atoms with Gasteiger partial charge in [0.15, 0.2) is 0 Å². The highest BCUT2D eigenvalue weighted by molar-refractivity contribution is 5.79. The van der Waals surface area contributed by atoms with Crippen LogP contribution in [0.3, 0.4) is 0 Å². The molecule has 0 bridgehead atoms. The van der Waals surface area contributed by atoms with Crippen molar-refractivity contribution in [2.45, 2.75) is 103 Å². The molecule has 2 aliphatic carbocycles. The van der Waals surface area contributed by atoms with Gasteiger partial charge in [-0.05, 0) is 43.4 Å². The zero-order chi connectivity index (χ0) is 25.7. The lowest BCUT2D eigenvalue weighted by Crippen LogP contribution is -2.65. The van der Waals surface area contributed by atoms with Crippen LogP contribution in [0, 0.1) is 33.3 Å². The zero-order valence-corrected chi connectivity index (χ0v) is 21.5. The normalized spacial score (nSPS) is 35.1. The second-order valence-electron chi connectivity index (χ2n) is 11.8. The number of carbonyl (C=O) groups excluding carboxylic acids is 2. The van der Waals surface area contributed by atoms with Gasteiger partial charge in [0.05, 0.1) is 12.3 Å². The lowest BCUT2D eigenvalue weighted by atomic mass is 9.76. The van der Waals surface area contributed by atoms with Gasteiger partial charge < -0.3 is 5.32 Å². The molecule has 12 nitrogen and oxygen atoms in total. The van der Waals surface area contributed by atoms with Crippen molar-refractivity contribution in [3.63, 3.8) is 0 Å². The number of nitrogens with zero attached hydrogens (tertiary/aromatic N) is 1. The number of nitro groups is 1. The van der Waals surface area contributed by atoms with E-state index in [9.17, 15) is 19.7 Å². The minimum Gasteiger partial charge on any atom is -0.356 e. The second-order valence-corrected chi connectivity index (χ2v) is 11.8. The van der Waals surface area contributed by atoms with Crippen LogP contribution in [-0.4, -0.2) is 54.4 Å². The van der Waals surface area contributed by atoms with Gasteiger partial charge in [0, 0.05) is 49.1 Å². The molecular formula is C24H43N7O5. The molecule has 2 saturated carbocycles. The van der Waals surface area contributed by atoms with E-state index in [4.69, 9.17) is 4.84 Å². The average Bonchev–Trinajstić information content (AvgIpc) is 3.35. The van der Waals surface area contributed by atoms with Crippen LogP contribution in [0.1, 0.15) is 78.1 Å². The van der Waals surface area contributed by atoms with E-state index >= 15 is 0 Å². The average molecular weight is 510 g/mol. The van der Waals surface area contributed by atoms with Crippen molar-refractivity contribution in [1.29, 1.82) is 0 Å². The van der Waals surface area contributed by atoms with E-state index in [0.717, 1.165) is 38.5 Å². The first-order valence-corrected chi connectivity index (χ1v) is 13.6. The van der Waals surface area contributed by atoms with Gasteiger partial charge in [-0.25, -0.2) is 5.43 Å². The molecule has 7 unspecified atom stereocenters. The minimum absolute atomic E-state index is 0.0293. The number of hydrazine groups is 1. The second kappa shape index (κ2) is 12.1. The highest BCUT2D eigenvalue weighted by Crippen LogP contribution is 2.34. The number of hydrogen-bond acceptors (Lipinski definition) is 9. The van der Waals surface area contributed by atoms with Gasteiger partial charge in [-0.2, -0.15) is 5.48 Å². The third-order valence-corrected chi connectivity index (χ3v) is 8.29. The molecule has 7 atom stereocenters. The van der Waals surface area contributed by atoms with Gasteiger partial charge in [0.2, 0.25) is 17.9 Å². The van der Waals surface area contributed by atoms with Gasteiger partial charge in [-0.1, -0.05) is 26.7 Å². The highest BCUT2D eigenvalue weighted by Gasteiger charge is 2.40. The molecule has 4 rings (SSSR count). The van der Waals surface area contributed by atoms with Crippen molar-refractivity contribution < 1.29 is 19.3 Å². The topological polar surface area (TPSA) is 159 Å². The molecular weight excluding hydrogens is 466 g/mol. The third kappa shape index (κ3) is 7.12. The Morgan fingerprint density at radius 3 is 2.78 bits per heavy atom. The van der Waals surface area contributed by atoms with Gasteiger partial charge in [-0.3, -0.25) is 40.6 Å². The molecule has 204 valence electrons. The summed E-state index contributed by atoms with van der Waals surface area (Å²) < 4.78 is 0. The van der Waals surface area contributed by atoms with E-state index in [-0.39, 0.29) is 52.5 Å². The minimum atomic E-state index is -0.480. The summed E-state index contributed by atoms with van der Waals surface area (Å²) in [4.78, 5) is 41.2. The lowest BCUT2D eigenvalue weighted by Gasteiger charge is -2.42. The number of amides is 2. The summed E-state index contributed by atoms with van der Waals surface area (Å²) >= 11 is 0. The summed E-state index contributed by atoms with van der Waals surface area (Å²) in [7, 11) is 0. The van der Waals surface area contributed by atoms with Crippen LogP contribution in [0.2, 0.25) is 0 Å². The van der Waals surface area contributed by atoms with Gasteiger partial charge >= 0.3 is 0 Å². The Balaban J connectivity index is 1.13. The summed E-state index contributed by atoms with van der Waals surface area (Å²) in [5, 5.41) is 21.1. The van der Waals surface area contributed by atoms with E-state index in [1.54, 1.807) is 0 Å². The van der Waals surface area contributed by atoms with Crippen LogP contribution >= 0.6 is 0 Å². The molecule has 0 radical (unpaired) electrons. The van der Waals surface area contributed by atoms with E-state index in [0.29, 0.717) is 44.7 Å². The standard InChI is InChI=1S/C24H43N7O5/c1-24(2,14-26-22-17-8-3-4-9-18(17)23(33)29-28-22)13-25-19(32)10-11-20-27-21(30-36-20)15-6-5-7-16(12-15)31(34)35/h15-18,20-22,26-28,30H,3-14H2,1-2H3,(H,25,32)(H,29,33). The van der Waals surface area contributed by atoms with Crippen molar-refractivity contribution >= 4 is 11.8 Å². The first-order chi connectivity index (χ1) is 17.2. The molecule has 12 heteroatoms. The summed E-state index contributed by atoms with van der Waals surface area (Å²) in [5.74, 6) is 0.600. The SMILES string of the molecule is CC(C)(CNC(=O)CCC1NC(C2CCCC([N+](=O)[O-])C2)NO1)CNC1NNC(=O)C2CCCCC12. The molecule has 0 aromatic heterocycles. The maximum absolute atomic E-state index is 12.5. The van der Waals surface area contributed by atoms with Crippen molar-refractivity contribution in [3.05, 3.63) is 10.1 Å². The summed E-state index contributed by atoms with van der Waals surface area (Å²) in [6.45, 7) is 5.46. The zero-order valence-electron chi connectivity index (χ0n) is 21.5. The summed E-state index contributed by atoms with van der Waals surface area (Å²) in [6.07, 6.45) is 7.71. The molecule has 6 N–H and O–H groups in total. The fourth-order valence-electron chi connectivity index (χ4n) is 6.07. The molecule has 36 heavy (non-hydrogen) atoms. The number of nitrogens with one attached hydrogen (secondary N) is 6. The molecule has 0 aromatic carbocycles. The first-order valence-electron chi connectivity index (χ1n) is 13.6. The van der Waals surface area contributed by atoms with Gasteiger partial charge in [0.1, 0.15) is 6.23 Å². The first kappa shape index (κ1) is 27.2. The Kier molecular flexibility index (Phi) is 9.15. The fourth-order valence-corrected chi connectivity index (χ4v) is 6.07. The molecule has 0 spiro atoms. The molecule has 2 heterocycles. The van der Waals surface area contributed by atoms with E-state index in [2.05, 4.69) is 46.1 Å². The van der Waals surface area contributed by atoms with Crippen molar-refractivity contribution in [2.24, 2.45) is 23.2 Å². The maximum Gasteiger partial charge on any atom is 0.237 e. The fraction of sp³-hybridized carbons (Fsp3) is 0.917. The summed E-state index contributed by atoms with van der Waals surface area (Å²) in [6, 6.07) is -0.480. The number of rotatable bonds is 10. The highest BCUT2D eigenvalue weighted by atomic mass is 16.7. The van der Waals surface area contributed by atoms with Crippen molar-refractivity contribution in [1.82, 2.24) is 32.3 Å². The van der Waals surface area contributed by atoms with E-state index in [1.165, 1.54) is 0 Å². The monoisotopic (exact) mass is 509 g/mol. The smallest absolute Gasteiger partial charge is 0.237 e. The van der Waals surface area contributed by atoms with E-state index in [1.807, 2.05) is 0 Å². The Morgan fingerprint density at radius 2 is 1.97 bits per heavy atom. The van der Waals surface area contributed by atoms with Crippen LogP contribution in [0.4, 0.5) is 0 Å². The maximum atomic E-state index is 12.5. The van der Waals surface area contributed by atoms with Gasteiger partial charge in [-0.15, -0.1) is 0 Å². The number of hydrogen-bond donors (Lipinski definition) is 6. The number of hydroxylamine groups is 1. The van der Waals surface area contributed by atoms with E-state index < -0.39 is 6.04 Å². The van der Waals surface area contributed by atoms with Crippen molar-refractivity contribution in [3.8, 4) is 0 Å². The Labute approximate surface area is 212 Å². The Hall–Kier alpha value is -1.86. The van der Waals surface area contributed by atoms with Crippen LogP contribution in [0.15, 0.2) is 0 Å². The predicted octanol–water partition coefficient (Wildman–Crippen LogP) is 0.878. The largest absolute Gasteiger partial charge is 0.356 e. The molecule has 2 amide bonds. The van der Waals surface area contributed by atoms with Crippen LogP contribution in [0.25, 0.3) is 0 Å². The van der Waals surface area contributed by atoms with Gasteiger partial charge in [0.25, 0.3) is 0 Å². The predicted molar refractivity (Wildman–Crippen MR) is 132 cm³/mol. The quantitative estimate of drug-likeness (QED) is 0.186. The number of carbonyl (C=O) groups is 2.